The van der Waals surface area contributed by atoms with Crippen molar-refractivity contribution in [1.82, 2.24) is 20.4 Å². The normalized spacial score (nSPS) is 10.4. The largest absolute Gasteiger partial charge is 0.476 e. The number of hydrogen-bond donors (Lipinski definition) is 3. The summed E-state index contributed by atoms with van der Waals surface area (Å²) in [7, 11) is 0. The molecule has 0 bridgehead atoms. The number of aromatic nitrogens is 4. The molecule has 14 heavy (non-hydrogen) atoms. The van der Waals surface area contributed by atoms with E-state index in [1.54, 1.807) is 0 Å². The quantitative estimate of drug-likeness (QED) is 0.656. The van der Waals surface area contributed by atoms with Crippen molar-refractivity contribution >= 4 is 5.97 Å². The Balaban J connectivity index is 2.51. The zero-order valence-electron chi connectivity index (χ0n) is 6.78. The molecular weight excluding hydrogens is 191 g/mol. The van der Waals surface area contributed by atoms with E-state index in [1.165, 1.54) is 0 Å². The van der Waals surface area contributed by atoms with Gasteiger partial charge in [0, 0.05) is 12.3 Å². The predicted molar refractivity (Wildman–Crippen MR) is 43.1 cm³/mol. The lowest BCUT2D eigenvalue weighted by Gasteiger charge is -1.90. The number of carboxylic acids is 1. The van der Waals surface area contributed by atoms with E-state index in [9.17, 15) is 9.18 Å². The Kier molecular flexibility index (Phi) is 1.77. The Morgan fingerprint density at radius 2 is 2.29 bits per heavy atom. The molecule has 7 heteroatoms. The summed E-state index contributed by atoms with van der Waals surface area (Å²) in [4.78, 5) is 13.2. The third kappa shape index (κ3) is 1.24. The number of rotatable bonds is 2. The summed E-state index contributed by atoms with van der Waals surface area (Å²) in [5.41, 5.74) is 0.113. The Morgan fingerprint density at radius 1 is 1.50 bits per heavy atom. The second-order valence-electron chi connectivity index (χ2n) is 2.56. The number of carbonyl (C=O) groups is 1. The predicted octanol–water partition coefficient (Wildman–Crippen LogP) is 0.637. The first-order chi connectivity index (χ1) is 6.68. The minimum Gasteiger partial charge on any atom is -0.476 e. The van der Waals surface area contributed by atoms with Crippen molar-refractivity contribution in [1.29, 1.82) is 0 Å². The molecule has 3 N–H and O–H groups in total. The molecule has 0 saturated heterocycles. The maximum absolute atomic E-state index is 12.6. The molecule has 2 rings (SSSR count). The van der Waals surface area contributed by atoms with Crippen LogP contribution in [0, 0.1) is 5.82 Å². The van der Waals surface area contributed by atoms with E-state index in [-0.39, 0.29) is 17.1 Å². The van der Waals surface area contributed by atoms with Crippen LogP contribution < -0.4 is 0 Å². The minimum absolute atomic E-state index is 0.0846. The molecule has 0 atom stereocenters. The van der Waals surface area contributed by atoms with Crippen LogP contribution in [0.4, 0.5) is 4.39 Å². The first-order valence-electron chi connectivity index (χ1n) is 3.67. The van der Waals surface area contributed by atoms with Gasteiger partial charge in [0.15, 0.2) is 5.69 Å². The minimum atomic E-state index is -1.22. The Hall–Kier alpha value is -2.18. The zero-order chi connectivity index (χ0) is 10.1. The molecule has 0 aliphatic carbocycles. The molecule has 0 aliphatic heterocycles. The average molecular weight is 196 g/mol. The Labute approximate surface area is 76.8 Å². The van der Waals surface area contributed by atoms with Crippen molar-refractivity contribution < 1.29 is 14.3 Å². The highest BCUT2D eigenvalue weighted by Gasteiger charge is 2.17. The number of nitrogens with one attached hydrogen (secondary N) is 2. The van der Waals surface area contributed by atoms with Gasteiger partial charge in [-0.1, -0.05) is 0 Å². The molecule has 0 unspecified atom stereocenters. The van der Waals surface area contributed by atoms with Gasteiger partial charge in [0.05, 0.1) is 5.69 Å². The maximum atomic E-state index is 12.6. The van der Waals surface area contributed by atoms with Crippen molar-refractivity contribution in [3.63, 3.8) is 0 Å². The average Bonchev–Trinajstić information content (AvgIpc) is 2.70. The van der Waals surface area contributed by atoms with E-state index in [2.05, 4.69) is 20.4 Å². The van der Waals surface area contributed by atoms with E-state index in [1.807, 2.05) is 0 Å². The van der Waals surface area contributed by atoms with Crippen LogP contribution in [0.3, 0.4) is 0 Å². The lowest BCUT2D eigenvalue weighted by Crippen LogP contribution is -1.99. The fraction of sp³-hybridized carbons (Fsp3) is 0. The molecule has 6 nitrogen and oxygen atoms in total. The van der Waals surface area contributed by atoms with Crippen LogP contribution in [0.5, 0.6) is 0 Å². The van der Waals surface area contributed by atoms with Crippen molar-refractivity contribution in [3.8, 4) is 11.4 Å². The van der Waals surface area contributed by atoms with E-state index < -0.39 is 11.8 Å². The Morgan fingerprint density at radius 3 is 2.86 bits per heavy atom. The molecule has 2 aromatic heterocycles. The lowest BCUT2D eigenvalue weighted by atomic mass is 10.2. The van der Waals surface area contributed by atoms with Crippen molar-refractivity contribution in [2.45, 2.75) is 0 Å². The highest BCUT2D eigenvalue weighted by molar-refractivity contribution is 5.91. The lowest BCUT2D eigenvalue weighted by molar-refractivity contribution is 0.0691. The highest BCUT2D eigenvalue weighted by atomic mass is 19.1. The molecule has 2 heterocycles. The van der Waals surface area contributed by atoms with Crippen molar-refractivity contribution in [3.05, 3.63) is 23.8 Å². The molecule has 2 aromatic rings. The first-order valence-corrected chi connectivity index (χ1v) is 3.67. The first kappa shape index (κ1) is 8.42. The van der Waals surface area contributed by atoms with Crippen molar-refractivity contribution in [2.24, 2.45) is 0 Å². The number of H-pyrrole nitrogens is 2. The van der Waals surface area contributed by atoms with Gasteiger partial charge < -0.3 is 10.1 Å². The molecule has 0 spiro atoms. The van der Waals surface area contributed by atoms with Crippen LogP contribution in [0.25, 0.3) is 11.4 Å². The van der Waals surface area contributed by atoms with Crippen LogP contribution in [0.1, 0.15) is 10.5 Å². The van der Waals surface area contributed by atoms with Crippen LogP contribution in [0.15, 0.2) is 12.3 Å². The smallest absolute Gasteiger partial charge is 0.358 e. The number of aromatic amines is 2. The van der Waals surface area contributed by atoms with Crippen LogP contribution in [-0.4, -0.2) is 31.5 Å². The van der Waals surface area contributed by atoms with Gasteiger partial charge in [-0.25, -0.2) is 9.18 Å². The molecule has 72 valence electrons. The van der Waals surface area contributed by atoms with Gasteiger partial charge in [0.2, 0.25) is 0 Å². The molecular formula is C7H5FN4O2. The summed E-state index contributed by atoms with van der Waals surface area (Å²) < 4.78 is 12.6. The van der Waals surface area contributed by atoms with Gasteiger partial charge in [-0.15, -0.1) is 5.10 Å². The molecule has 0 aromatic carbocycles. The maximum Gasteiger partial charge on any atom is 0.358 e. The topological polar surface area (TPSA) is 94.7 Å². The fourth-order valence-electron chi connectivity index (χ4n) is 1.07. The third-order valence-corrected chi connectivity index (χ3v) is 1.65. The molecule has 0 amide bonds. The second-order valence-corrected chi connectivity index (χ2v) is 2.56. The van der Waals surface area contributed by atoms with Gasteiger partial charge in [0.1, 0.15) is 11.5 Å². The van der Waals surface area contributed by atoms with Crippen LogP contribution in [0.2, 0.25) is 0 Å². The highest BCUT2D eigenvalue weighted by Crippen LogP contribution is 2.18. The van der Waals surface area contributed by atoms with Gasteiger partial charge >= 0.3 is 5.97 Å². The summed E-state index contributed by atoms with van der Waals surface area (Å²) >= 11 is 0. The number of hydrogen-bond acceptors (Lipinski definition) is 3. The van der Waals surface area contributed by atoms with E-state index in [4.69, 9.17) is 5.11 Å². The van der Waals surface area contributed by atoms with Gasteiger partial charge in [-0.05, 0) is 0 Å². The second kappa shape index (κ2) is 2.95. The van der Waals surface area contributed by atoms with Crippen LogP contribution >= 0.6 is 0 Å². The van der Waals surface area contributed by atoms with E-state index >= 15 is 0 Å². The number of halogens is 1. The van der Waals surface area contributed by atoms with Gasteiger partial charge in [0.25, 0.3) is 0 Å². The molecule has 0 fully saturated rings. The van der Waals surface area contributed by atoms with Gasteiger partial charge in [-0.3, -0.25) is 0 Å². The fourth-order valence-corrected chi connectivity index (χ4v) is 1.07. The van der Waals surface area contributed by atoms with Crippen LogP contribution in [-0.2, 0) is 0 Å². The van der Waals surface area contributed by atoms with E-state index in [0.29, 0.717) is 0 Å². The van der Waals surface area contributed by atoms with Gasteiger partial charge in [-0.2, -0.15) is 10.3 Å². The monoisotopic (exact) mass is 196 g/mol. The Bertz CT molecular complexity index is 475. The molecule has 0 aliphatic rings. The summed E-state index contributed by atoms with van der Waals surface area (Å²) in [6.45, 7) is 0. The summed E-state index contributed by atoms with van der Waals surface area (Å²) in [5, 5.41) is 17.9. The zero-order valence-corrected chi connectivity index (χ0v) is 6.78. The molecule has 0 radical (unpaired) electrons. The van der Waals surface area contributed by atoms with E-state index in [0.717, 1.165) is 12.3 Å². The number of aromatic carboxylic acids is 1. The summed E-state index contributed by atoms with van der Waals surface area (Å²) in [5.74, 6) is -1.71. The standard InChI is InChI=1S/C7H5FN4O2/c8-3-1-4(9-2-3)5-6(7(13)14)11-12-10-5/h1-2,9H,(H,13,14)(H,10,11,12). The number of carboxylic acid groups (broad SMARTS) is 1. The van der Waals surface area contributed by atoms with Crippen molar-refractivity contribution in [2.75, 3.05) is 0 Å². The molecule has 0 saturated carbocycles. The number of nitrogens with zero attached hydrogens (tertiary/aromatic N) is 2. The SMILES string of the molecule is O=C(O)c1n[nH]nc1-c1cc(F)c[nH]1. The summed E-state index contributed by atoms with van der Waals surface area (Å²) in [6, 6.07) is 1.14. The summed E-state index contributed by atoms with van der Waals surface area (Å²) in [6.07, 6.45) is 1.11. The third-order valence-electron chi connectivity index (χ3n) is 1.65.